The van der Waals surface area contributed by atoms with Gasteiger partial charge in [-0.05, 0) is 50.5 Å². The van der Waals surface area contributed by atoms with Gasteiger partial charge in [0.2, 0.25) is 0 Å². The van der Waals surface area contributed by atoms with Gasteiger partial charge in [-0.2, -0.15) is 0 Å². The first-order chi connectivity index (χ1) is 9.08. The zero-order chi connectivity index (χ0) is 13.8. The quantitative estimate of drug-likeness (QED) is 0.598. The van der Waals surface area contributed by atoms with E-state index in [0.717, 1.165) is 19.3 Å². The zero-order valence-corrected chi connectivity index (χ0v) is 10.9. The molecule has 19 heavy (non-hydrogen) atoms. The first-order valence-electron chi connectivity index (χ1n) is 6.49. The number of anilines is 1. The molecule has 1 unspecified atom stereocenters. The van der Waals surface area contributed by atoms with Crippen LogP contribution in [0.25, 0.3) is 0 Å². The Labute approximate surface area is 112 Å². The third-order valence-electron chi connectivity index (χ3n) is 3.38. The molecule has 2 rings (SSSR count). The summed E-state index contributed by atoms with van der Waals surface area (Å²) in [4.78, 5) is 25.5. The van der Waals surface area contributed by atoms with Gasteiger partial charge in [0.15, 0.2) is 0 Å². The summed E-state index contributed by atoms with van der Waals surface area (Å²) in [6.45, 7) is 2.61. The highest BCUT2D eigenvalue weighted by Crippen LogP contribution is 2.18. The van der Waals surface area contributed by atoms with E-state index >= 15 is 0 Å². The predicted octanol–water partition coefficient (Wildman–Crippen LogP) is 1.73. The van der Waals surface area contributed by atoms with E-state index in [4.69, 9.17) is 5.11 Å². The Morgan fingerprint density at radius 2 is 1.95 bits per heavy atom. The Kier molecular flexibility index (Phi) is 4.04. The average Bonchev–Trinajstić information content (AvgIpc) is 2.41. The SMILES string of the molecule is CC1CCCCN1C(=O)C(=O)Nc1ccc(O)cc1. The molecule has 1 aliphatic heterocycles. The van der Waals surface area contributed by atoms with Gasteiger partial charge in [0.1, 0.15) is 5.75 Å². The lowest BCUT2D eigenvalue weighted by molar-refractivity contribution is -0.145. The van der Waals surface area contributed by atoms with Gasteiger partial charge < -0.3 is 15.3 Å². The summed E-state index contributed by atoms with van der Waals surface area (Å²) in [6, 6.07) is 6.15. The van der Waals surface area contributed by atoms with Crippen molar-refractivity contribution in [3.63, 3.8) is 0 Å². The van der Waals surface area contributed by atoms with Crippen LogP contribution in [0, 0.1) is 0 Å². The largest absolute Gasteiger partial charge is 0.508 e. The van der Waals surface area contributed by atoms with Gasteiger partial charge in [-0.25, -0.2) is 0 Å². The fourth-order valence-electron chi connectivity index (χ4n) is 2.26. The highest BCUT2D eigenvalue weighted by Gasteiger charge is 2.27. The number of rotatable bonds is 1. The Hall–Kier alpha value is -2.04. The lowest BCUT2D eigenvalue weighted by Crippen LogP contribution is -2.47. The summed E-state index contributed by atoms with van der Waals surface area (Å²) in [7, 11) is 0. The van der Waals surface area contributed by atoms with Crippen LogP contribution in [0.15, 0.2) is 24.3 Å². The van der Waals surface area contributed by atoms with Crippen molar-refractivity contribution in [2.24, 2.45) is 0 Å². The monoisotopic (exact) mass is 262 g/mol. The molecule has 5 heteroatoms. The molecule has 1 heterocycles. The van der Waals surface area contributed by atoms with Crippen molar-refractivity contribution >= 4 is 17.5 Å². The number of benzene rings is 1. The maximum atomic E-state index is 12.0. The van der Waals surface area contributed by atoms with Crippen LogP contribution >= 0.6 is 0 Å². The van der Waals surface area contributed by atoms with Gasteiger partial charge in [0, 0.05) is 18.3 Å². The average molecular weight is 262 g/mol. The molecule has 2 N–H and O–H groups in total. The highest BCUT2D eigenvalue weighted by molar-refractivity contribution is 6.39. The fourth-order valence-corrected chi connectivity index (χ4v) is 2.26. The van der Waals surface area contributed by atoms with Crippen molar-refractivity contribution in [1.29, 1.82) is 0 Å². The molecule has 0 saturated carbocycles. The van der Waals surface area contributed by atoms with Crippen LogP contribution in [0.1, 0.15) is 26.2 Å². The van der Waals surface area contributed by atoms with Crippen molar-refractivity contribution in [3.8, 4) is 5.75 Å². The molecule has 0 spiro atoms. The van der Waals surface area contributed by atoms with Crippen molar-refractivity contribution < 1.29 is 14.7 Å². The number of phenolic OH excluding ortho intramolecular Hbond substituents is 1. The molecule has 0 radical (unpaired) electrons. The number of hydrogen-bond acceptors (Lipinski definition) is 3. The molecule has 1 fully saturated rings. The minimum atomic E-state index is -0.626. The number of nitrogens with one attached hydrogen (secondary N) is 1. The Bertz CT molecular complexity index is 470. The van der Waals surface area contributed by atoms with Gasteiger partial charge in [-0.3, -0.25) is 9.59 Å². The van der Waals surface area contributed by atoms with Crippen molar-refractivity contribution in [3.05, 3.63) is 24.3 Å². The van der Waals surface area contributed by atoms with Gasteiger partial charge in [-0.15, -0.1) is 0 Å². The number of carbonyl (C=O) groups is 2. The summed E-state index contributed by atoms with van der Waals surface area (Å²) in [6.07, 6.45) is 2.99. The van der Waals surface area contributed by atoms with Gasteiger partial charge >= 0.3 is 11.8 Å². The number of likely N-dealkylation sites (tertiary alicyclic amines) is 1. The predicted molar refractivity (Wildman–Crippen MR) is 71.8 cm³/mol. The number of carbonyl (C=O) groups excluding carboxylic acids is 2. The topological polar surface area (TPSA) is 69.6 Å². The molecule has 5 nitrogen and oxygen atoms in total. The molecule has 0 bridgehead atoms. The second-order valence-corrected chi connectivity index (χ2v) is 4.84. The molecule has 2 amide bonds. The van der Waals surface area contributed by atoms with Crippen LogP contribution in [0.3, 0.4) is 0 Å². The number of amides is 2. The van der Waals surface area contributed by atoms with Crippen LogP contribution < -0.4 is 5.32 Å². The standard InChI is InChI=1S/C14H18N2O3/c1-10-4-2-3-9-16(10)14(19)13(18)15-11-5-7-12(17)8-6-11/h5-8,10,17H,2-4,9H2,1H3,(H,15,18). The molecule has 102 valence electrons. The van der Waals surface area contributed by atoms with Crippen LogP contribution in [0.2, 0.25) is 0 Å². The Morgan fingerprint density at radius 3 is 2.58 bits per heavy atom. The molecular weight excluding hydrogens is 244 g/mol. The summed E-state index contributed by atoms with van der Waals surface area (Å²) >= 11 is 0. The molecule has 1 atom stereocenters. The van der Waals surface area contributed by atoms with Crippen molar-refractivity contribution in [2.75, 3.05) is 11.9 Å². The number of nitrogens with zero attached hydrogens (tertiary/aromatic N) is 1. The molecule has 1 aliphatic rings. The van der Waals surface area contributed by atoms with Crippen molar-refractivity contribution in [1.82, 2.24) is 4.90 Å². The minimum absolute atomic E-state index is 0.117. The summed E-state index contributed by atoms with van der Waals surface area (Å²) in [5.41, 5.74) is 0.501. The van der Waals surface area contributed by atoms with E-state index in [1.54, 1.807) is 17.0 Å². The van der Waals surface area contributed by atoms with E-state index in [9.17, 15) is 9.59 Å². The van der Waals surface area contributed by atoms with Crippen LogP contribution in [0.4, 0.5) is 5.69 Å². The third-order valence-corrected chi connectivity index (χ3v) is 3.38. The van der Waals surface area contributed by atoms with Gasteiger partial charge in [0.25, 0.3) is 0 Å². The maximum Gasteiger partial charge on any atom is 0.313 e. The minimum Gasteiger partial charge on any atom is -0.508 e. The smallest absolute Gasteiger partial charge is 0.313 e. The van der Waals surface area contributed by atoms with E-state index in [-0.39, 0.29) is 11.8 Å². The Balaban J connectivity index is 1.99. The van der Waals surface area contributed by atoms with E-state index in [1.807, 2.05) is 6.92 Å². The lowest BCUT2D eigenvalue weighted by Gasteiger charge is -2.32. The van der Waals surface area contributed by atoms with Gasteiger partial charge in [-0.1, -0.05) is 0 Å². The Morgan fingerprint density at radius 1 is 1.26 bits per heavy atom. The lowest BCUT2D eigenvalue weighted by atomic mass is 10.0. The molecule has 0 aromatic heterocycles. The summed E-state index contributed by atoms with van der Waals surface area (Å²) in [5.74, 6) is -0.992. The summed E-state index contributed by atoms with van der Waals surface area (Å²) in [5, 5.41) is 11.7. The third kappa shape index (κ3) is 3.24. The first-order valence-corrected chi connectivity index (χ1v) is 6.49. The van der Waals surface area contributed by atoms with Crippen LogP contribution in [-0.2, 0) is 9.59 Å². The van der Waals surface area contributed by atoms with E-state index in [1.165, 1.54) is 12.1 Å². The van der Waals surface area contributed by atoms with Crippen molar-refractivity contribution in [2.45, 2.75) is 32.2 Å². The van der Waals surface area contributed by atoms with Crippen LogP contribution in [0.5, 0.6) is 5.75 Å². The number of hydrogen-bond donors (Lipinski definition) is 2. The van der Waals surface area contributed by atoms with Gasteiger partial charge in [0.05, 0.1) is 0 Å². The molecule has 0 aliphatic carbocycles. The van der Waals surface area contributed by atoms with E-state index in [0.29, 0.717) is 12.2 Å². The normalized spacial score (nSPS) is 19.0. The fraction of sp³-hybridized carbons (Fsp3) is 0.429. The maximum absolute atomic E-state index is 12.0. The first kappa shape index (κ1) is 13.4. The number of phenols is 1. The second kappa shape index (κ2) is 5.73. The molecule has 1 aromatic rings. The second-order valence-electron chi connectivity index (χ2n) is 4.84. The van der Waals surface area contributed by atoms with Crippen LogP contribution in [-0.4, -0.2) is 34.4 Å². The van der Waals surface area contributed by atoms with E-state index in [2.05, 4.69) is 5.32 Å². The van der Waals surface area contributed by atoms with E-state index < -0.39 is 11.8 Å². The molecular formula is C14H18N2O3. The molecule has 1 saturated heterocycles. The number of aromatic hydroxyl groups is 1. The highest BCUT2D eigenvalue weighted by atomic mass is 16.3. The zero-order valence-electron chi connectivity index (χ0n) is 10.9. The summed E-state index contributed by atoms with van der Waals surface area (Å²) < 4.78 is 0. The number of piperidine rings is 1. The molecule has 1 aromatic carbocycles.